The molecular weight excluding hydrogens is 598 g/mol. The van der Waals surface area contributed by atoms with Crippen LogP contribution in [0.2, 0.25) is 0 Å². The van der Waals surface area contributed by atoms with Gasteiger partial charge in [-0.25, -0.2) is 22.4 Å². The van der Waals surface area contributed by atoms with Crippen molar-refractivity contribution in [1.29, 1.82) is 0 Å². The Balaban J connectivity index is 1.51. The van der Waals surface area contributed by atoms with Crippen LogP contribution in [0.1, 0.15) is 45.1 Å². The lowest BCUT2D eigenvalue weighted by Crippen LogP contribution is -2.33. The third-order valence-corrected chi connectivity index (χ3v) is 10.4. The third kappa shape index (κ3) is 5.84. The maximum Gasteiger partial charge on any atom is 0.269 e. The van der Waals surface area contributed by atoms with Crippen molar-refractivity contribution in [3.8, 4) is 22.4 Å². The molecule has 0 spiro atoms. The van der Waals surface area contributed by atoms with Gasteiger partial charge >= 0.3 is 0 Å². The van der Waals surface area contributed by atoms with Gasteiger partial charge in [-0.05, 0) is 99.3 Å². The van der Waals surface area contributed by atoms with Gasteiger partial charge in [-0.3, -0.25) is 4.79 Å². The van der Waals surface area contributed by atoms with Gasteiger partial charge in [-0.2, -0.15) is 0 Å². The van der Waals surface area contributed by atoms with Crippen molar-refractivity contribution in [2.45, 2.75) is 51.7 Å². The summed E-state index contributed by atoms with van der Waals surface area (Å²) >= 11 is 0. The van der Waals surface area contributed by atoms with Gasteiger partial charge < -0.3 is 14.9 Å². The highest BCUT2D eigenvalue weighted by Gasteiger charge is 2.26. The van der Waals surface area contributed by atoms with Crippen molar-refractivity contribution in [2.75, 3.05) is 27.2 Å². The molecule has 0 bridgehead atoms. The number of aryl methyl sites for hydroxylation is 3. The Morgan fingerprint density at radius 2 is 1.74 bits per heavy atom. The SMILES string of the molecule is Cc1ccc(S(=O)(=O)n2cc(-c3ccc(C(=O)N(C)C[C@@H](C)O)c(C)c3)c3nc(-c4cc(C)c5c(c4)CN(C)CC5)cnc32)cc1. The number of benzene rings is 3. The molecule has 1 amide bonds. The number of fused-ring (bicyclic) bond motifs is 2. The Morgan fingerprint density at radius 1 is 1.02 bits per heavy atom. The van der Waals surface area contributed by atoms with Crippen LogP contribution in [0.4, 0.5) is 0 Å². The number of aliphatic hydroxyl groups is 1. The van der Waals surface area contributed by atoms with Gasteiger partial charge in [0.1, 0.15) is 5.52 Å². The van der Waals surface area contributed by atoms with Gasteiger partial charge in [0, 0.05) is 49.6 Å². The predicted molar refractivity (Wildman–Crippen MR) is 180 cm³/mol. The van der Waals surface area contributed by atoms with Crippen molar-refractivity contribution in [1.82, 2.24) is 23.7 Å². The van der Waals surface area contributed by atoms with Gasteiger partial charge in [-0.15, -0.1) is 0 Å². The minimum Gasteiger partial charge on any atom is -0.392 e. The number of carbonyl (C=O) groups is 1. The second-order valence-electron chi connectivity index (χ2n) is 12.6. The van der Waals surface area contributed by atoms with Crippen LogP contribution >= 0.6 is 0 Å². The fourth-order valence-corrected chi connectivity index (χ4v) is 7.60. The first kappa shape index (κ1) is 31.6. The van der Waals surface area contributed by atoms with Crippen molar-refractivity contribution in [2.24, 2.45) is 0 Å². The summed E-state index contributed by atoms with van der Waals surface area (Å²) in [5, 5.41) is 9.77. The molecular formula is C36H39N5O4S. The molecule has 1 atom stereocenters. The van der Waals surface area contributed by atoms with E-state index in [1.54, 1.807) is 62.8 Å². The third-order valence-electron chi connectivity index (χ3n) is 8.74. The highest BCUT2D eigenvalue weighted by atomic mass is 32.2. The Labute approximate surface area is 270 Å². The van der Waals surface area contributed by atoms with Gasteiger partial charge in [0.05, 0.1) is 22.9 Å². The molecule has 0 radical (unpaired) electrons. The molecule has 0 fully saturated rings. The van der Waals surface area contributed by atoms with Crippen molar-refractivity contribution < 1.29 is 18.3 Å². The Bertz CT molecular complexity index is 2080. The van der Waals surface area contributed by atoms with Crippen LogP contribution in [0.25, 0.3) is 33.5 Å². The summed E-state index contributed by atoms with van der Waals surface area (Å²) in [5.74, 6) is -0.204. The first-order valence-corrected chi connectivity index (χ1v) is 16.8. The minimum atomic E-state index is -4.00. The van der Waals surface area contributed by atoms with E-state index in [0.717, 1.165) is 36.2 Å². The maximum atomic E-state index is 14.0. The largest absolute Gasteiger partial charge is 0.392 e. The van der Waals surface area contributed by atoms with Crippen molar-refractivity contribution in [3.63, 3.8) is 0 Å². The van der Waals surface area contributed by atoms with Crippen LogP contribution in [0.5, 0.6) is 0 Å². The number of nitrogens with zero attached hydrogens (tertiary/aromatic N) is 5. The summed E-state index contributed by atoms with van der Waals surface area (Å²) in [6.07, 6.45) is 3.57. The summed E-state index contributed by atoms with van der Waals surface area (Å²) in [5.41, 5.74) is 9.59. The fourth-order valence-electron chi connectivity index (χ4n) is 6.29. The zero-order chi connectivity index (χ0) is 32.9. The average molecular weight is 638 g/mol. The molecule has 0 saturated heterocycles. The molecule has 3 heterocycles. The summed E-state index contributed by atoms with van der Waals surface area (Å²) in [6.45, 7) is 9.60. The standard InChI is InChI=1S/C36H39N5O4S/c1-22-7-10-29(11-8-22)46(44,45)41-21-32(26-9-12-31(24(3)15-26)36(43)40(6)19-25(4)42)34-35(41)37-18-33(38-34)27-16-23(2)30-13-14-39(5)20-28(30)17-27/h7-12,15-18,21,25,42H,13-14,19-20H2,1-6H3/t25-/m1/s1. The molecule has 10 heteroatoms. The van der Waals surface area contributed by atoms with Gasteiger partial charge in [0.15, 0.2) is 5.65 Å². The van der Waals surface area contributed by atoms with Crippen LogP contribution in [-0.4, -0.2) is 76.5 Å². The number of rotatable bonds is 7. The molecule has 9 nitrogen and oxygen atoms in total. The second-order valence-corrected chi connectivity index (χ2v) is 14.4. The van der Waals surface area contributed by atoms with E-state index in [1.165, 1.54) is 25.6 Å². The quantitative estimate of drug-likeness (QED) is 0.256. The molecule has 2 aromatic heterocycles. The molecule has 238 valence electrons. The molecule has 1 aliphatic rings. The number of amides is 1. The Hall–Kier alpha value is -4.38. The van der Waals surface area contributed by atoms with E-state index in [-0.39, 0.29) is 23.0 Å². The molecule has 6 rings (SSSR count). The van der Waals surface area contributed by atoms with Crippen molar-refractivity contribution in [3.05, 3.63) is 100 Å². The van der Waals surface area contributed by atoms with Gasteiger partial charge in [0.25, 0.3) is 15.9 Å². The zero-order valence-corrected chi connectivity index (χ0v) is 27.9. The molecule has 0 aliphatic carbocycles. The first-order chi connectivity index (χ1) is 21.8. The number of likely N-dealkylation sites (N-methyl/N-ethyl adjacent to an activating group) is 2. The molecule has 0 saturated carbocycles. The smallest absolute Gasteiger partial charge is 0.269 e. The molecule has 1 N–H and O–H groups in total. The molecule has 0 unspecified atom stereocenters. The number of hydrogen-bond acceptors (Lipinski definition) is 7. The van der Waals surface area contributed by atoms with E-state index in [1.807, 2.05) is 19.9 Å². The van der Waals surface area contributed by atoms with E-state index in [9.17, 15) is 18.3 Å². The fraction of sp³-hybridized carbons (Fsp3) is 0.306. The molecule has 46 heavy (non-hydrogen) atoms. The topological polar surface area (TPSA) is 109 Å². The van der Waals surface area contributed by atoms with Crippen LogP contribution in [0.3, 0.4) is 0 Å². The molecule has 5 aromatic rings. The maximum absolute atomic E-state index is 14.0. The van der Waals surface area contributed by atoms with E-state index in [4.69, 9.17) is 9.97 Å². The lowest BCUT2D eigenvalue weighted by atomic mass is 9.92. The molecule has 3 aromatic carbocycles. The number of hydrogen-bond donors (Lipinski definition) is 1. The number of aliphatic hydroxyl groups excluding tert-OH is 1. The second kappa shape index (κ2) is 12.1. The summed E-state index contributed by atoms with van der Waals surface area (Å²) in [4.78, 5) is 26.8. The first-order valence-electron chi connectivity index (χ1n) is 15.4. The van der Waals surface area contributed by atoms with Gasteiger partial charge in [0.2, 0.25) is 0 Å². The van der Waals surface area contributed by atoms with E-state index in [0.29, 0.717) is 27.9 Å². The summed E-state index contributed by atoms with van der Waals surface area (Å²) in [6, 6.07) is 16.5. The normalized spacial score (nSPS) is 14.3. The lowest BCUT2D eigenvalue weighted by Gasteiger charge is -2.27. The Morgan fingerprint density at radius 3 is 2.43 bits per heavy atom. The number of aromatic nitrogens is 3. The monoisotopic (exact) mass is 637 g/mol. The average Bonchev–Trinajstić information content (AvgIpc) is 3.40. The lowest BCUT2D eigenvalue weighted by molar-refractivity contribution is 0.0703. The van der Waals surface area contributed by atoms with E-state index >= 15 is 0 Å². The summed E-state index contributed by atoms with van der Waals surface area (Å²) in [7, 11) is -0.229. The van der Waals surface area contributed by atoms with Crippen molar-refractivity contribution >= 4 is 27.1 Å². The van der Waals surface area contributed by atoms with Crippen LogP contribution in [0.15, 0.2) is 71.9 Å². The van der Waals surface area contributed by atoms with E-state index in [2.05, 4.69) is 31.0 Å². The van der Waals surface area contributed by atoms with Crippen LogP contribution in [0, 0.1) is 20.8 Å². The highest BCUT2D eigenvalue weighted by molar-refractivity contribution is 7.90. The van der Waals surface area contributed by atoms with E-state index < -0.39 is 16.1 Å². The zero-order valence-electron chi connectivity index (χ0n) is 27.1. The van der Waals surface area contributed by atoms with Gasteiger partial charge in [-0.1, -0.05) is 29.8 Å². The molecule has 1 aliphatic heterocycles. The van der Waals surface area contributed by atoms with Crippen LogP contribution < -0.4 is 0 Å². The predicted octanol–water partition coefficient (Wildman–Crippen LogP) is 5.37. The Kier molecular flexibility index (Phi) is 8.30. The van der Waals surface area contributed by atoms with Crippen LogP contribution in [-0.2, 0) is 23.0 Å². The summed E-state index contributed by atoms with van der Waals surface area (Å²) < 4.78 is 29.2. The minimum absolute atomic E-state index is 0.153. The highest BCUT2D eigenvalue weighted by Crippen LogP contribution is 2.35. The number of carbonyl (C=O) groups excluding carboxylic acids is 1.